The zero-order valence-corrected chi connectivity index (χ0v) is 12.2. The standard InChI is InChI=1S/C16H21N3O/c1-4-12(3)19-16(20)14(10-17)11-18-15-8-6-13(5-2)7-9-15/h6-9,11-12,18H,4-5H2,1-3H3,(H,19,20)/b14-11-. The van der Waals surface area contributed by atoms with E-state index in [9.17, 15) is 4.79 Å². The van der Waals surface area contributed by atoms with Gasteiger partial charge in [0.2, 0.25) is 0 Å². The molecule has 1 aromatic carbocycles. The third-order valence-electron chi connectivity index (χ3n) is 3.10. The quantitative estimate of drug-likeness (QED) is 0.617. The minimum atomic E-state index is -0.348. The van der Waals surface area contributed by atoms with Crippen LogP contribution >= 0.6 is 0 Å². The van der Waals surface area contributed by atoms with E-state index in [1.165, 1.54) is 11.8 Å². The van der Waals surface area contributed by atoms with Gasteiger partial charge < -0.3 is 10.6 Å². The fourth-order valence-corrected chi connectivity index (χ4v) is 1.54. The summed E-state index contributed by atoms with van der Waals surface area (Å²) < 4.78 is 0. The molecule has 0 radical (unpaired) electrons. The average molecular weight is 271 g/mol. The van der Waals surface area contributed by atoms with Crippen LogP contribution in [0.25, 0.3) is 0 Å². The minimum absolute atomic E-state index is 0.0584. The van der Waals surface area contributed by atoms with E-state index in [-0.39, 0.29) is 17.5 Å². The molecule has 0 aliphatic heterocycles. The van der Waals surface area contributed by atoms with Gasteiger partial charge >= 0.3 is 0 Å². The number of nitrogens with zero attached hydrogens (tertiary/aromatic N) is 1. The van der Waals surface area contributed by atoms with Crippen molar-refractivity contribution in [2.24, 2.45) is 0 Å². The number of amides is 1. The molecule has 0 bridgehead atoms. The van der Waals surface area contributed by atoms with Gasteiger partial charge in [0.1, 0.15) is 11.6 Å². The van der Waals surface area contributed by atoms with E-state index in [1.807, 2.05) is 44.2 Å². The number of rotatable bonds is 6. The summed E-state index contributed by atoms with van der Waals surface area (Å²) in [6.45, 7) is 5.98. The molecule has 4 nitrogen and oxygen atoms in total. The molecule has 0 fully saturated rings. The lowest BCUT2D eigenvalue weighted by Gasteiger charge is -2.10. The van der Waals surface area contributed by atoms with Crippen molar-refractivity contribution in [3.63, 3.8) is 0 Å². The first-order valence-corrected chi connectivity index (χ1v) is 6.87. The predicted octanol–water partition coefficient (Wildman–Crippen LogP) is 2.98. The predicted molar refractivity (Wildman–Crippen MR) is 81.0 cm³/mol. The van der Waals surface area contributed by atoms with Crippen molar-refractivity contribution < 1.29 is 4.79 Å². The SMILES string of the molecule is CCc1ccc(N/C=C(/C#N)C(=O)NC(C)CC)cc1. The van der Waals surface area contributed by atoms with Crippen LogP contribution in [0.3, 0.4) is 0 Å². The van der Waals surface area contributed by atoms with Crippen LogP contribution in [0, 0.1) is 11.3 Å². The Balaban J connectivity index is 2.69. The van der Waals surface area contributed by atoms with Gasteiger partial charge in [0.05, 0.1) is 0 Å². The van der Waals surface area contributed by atoms with E-state index in [1.54, 1.807) is 0 Å². The summed E-state index contributed by atoms with van der Waals surface area (Å²) in [5.74, 6) is -0.348. The molecule has 106 valence electrons. The summed E-state index contributed by atoms with van der Waals surface area (Å²) in [4.78, 5) is 11.8. The largest absolute Gasteiger partial charge is 0.360 e. The van der Waals surface area contributed by atoms with E-state index >= 15 is 0 Å². The number of nitriles is 1. The fourth-order valence-electron chi connectivity index (χ4n) is 1.54. The van der Waals surface area contributed by atoms with Crippen LogP contribution < -0.4 is 10.6 Å². The third-order valence-corrected chi connectivity index (χ3v) is 3.10. The number of carbonyl (C=O) groups is 1. The van der Waals surface area contributed by atoms with Gasteiger partial charge in [0, 0.05) is 17.9 Å². The average Bonchev–Trinajstić information content (AvgIpc) is 2.48. The summed E-state index contributed by atoms with van der Waals surface area (Å²) in [6.07, 6.45) is 3.26. The van der Waals surface area contributed by atoms with Gasteiger partial charge in [-0.15, -0.1) is 0 Å². The Kier molecular flexibility index (Phi) is 6.31. The second-order valence-corrected chi connectivity index (χ2v) is 4.65. The Morgan fingerprint density at radius 1 is 1.35 bits per heavy atom. The molecule has 0 saturated heterocycles. The van der Waals surface area contributed by atoms with E-state index in [0.29, 0.717) is 0 Å². The van der Waals surface area contributed by atoms with Crippen LogP contribution in [-0.2, 0) is 11.2 Å². The van der Waals surface area contributed by atoms with Gasteiger partial charge in [0.25, 0.3) is 5.91 Å². The molecule has 4 heteroatoms. The molecule has 1 rings (SSSR count). The lowest BCUT2D eigenvalue weighted by molar-refractivity contribution is -0.117. The molecule has 1 aromatic rings. The Bertz CT molecular complexity index is 512. The second-order valence-electron chi connectivity index (χ2n) is 4.65. The van der Waals surface area contributed by atoms with E-state index in [2.05, 4.69) is 17.6 Å². The molecule has 0 spiro atoms. The Labute approximate surface area is 120 Å². The van der Waals surface area contributed by atoms with Gasteiger partial charge in [0.15, 0.2) is 0 Å². The zero-order chi connectivity index (χ0) is 15.0. The third kappa shape index (κ3) is 4.77. The highest BCUT2D eigenvalue weighted by Crippen LogP contribution is 2.10. The van der Waals surface area contributed by atoms with Crippen molar-refractivity contribution in [3.8, 4) is 6.07 Å². The van der Waals surface area contributed by atoms with Crippen molar-refractivity contribution in [2.45, 2.75) is 39.7 Å². The van der Waals surface area contributed by atoms with Gasteiger partial charge in [-0.2, -0.15) is 5.26 Å². The number of hydrogen-bond donors (Lipinski definition) is 2. The molecule has 1 atom stereocenters. The molecule has 0 heterocycles. The first kappa shape index (κ1) is 15.8. The molecular formula is C16H21N3O. The summed E-state index contributed by atoms with van der Waals surface area (Å²) >= 11 is 0. The number of hydrogen-bond acceptors (Lipinski definition) is 3. The zero-order valence-electron chi connectivity index (χ0n) is 12.2. The molecule has 0 aliphatic carbocycles. The molecule has 0 aliphatic rings. The van der Waals surface area contributed by atoms with Crippen LogP contribution in [0.15, 0.2) is 36.0 Å². The minimum Gasteiger partial charge on any atom is -0.360 e. The van der Waals surface area contributed by atoms with Gasteiger partial charge in [-0.1, -0.05) is 26.0 Å². The van der Waals surface area contributed by atoms with E-state index in [4.69, 9.17) is 5.26 Å². The van der Waals surface area contributed by atoms with Crippen LogP contribution in [0.2, 0.25) is 0 Å². The van der Waals surface area contributed by atoms with E-state index < -0.39 is 0 Å². The van der Waals surface area contributed by atoms with Crippen LogP contribution in [0.5, 0.6) is 0 Å². The van der Waals surface area contributed by atoms with Gasteiger partial charge in [-0.25, -0.2) is 0 Å². The lowest BCUT2D eigenvalue weighted by Crippen LogP contribution is -2.33. The lowest BCUT2D eigenvalue weighted by atomic mass is 10.1. The van der Waals surface area contributed by atoms with Crippen molar-refractivity contribution in [1.29, 1.82) is 5.26 Å². The summed E-state index contributed by atoms with van der Waals surface area (Å²) in [6, 6.07) is 9.85. The first-order valence-electron chi connectivity index (χ1n) is 6.87. The smallest absolute Gasteiger partial charge is 0.263 e. The normalized spacial score (nSPS) is 12.4. The maximum Gasteiger partial charge on any atom is 0.263 e. The van der Waals surface area contributed by atoms with Crippen molar-refractivity contribution in [2.75, 3.05) is 5.32 Å². The first-order chi connectivity index (χ1) is 9.60. The van der Waals surface area contributed by atoms with Crippen molar-refractivity contribution >= 4 is 11.6 Å². The van der Waals surface area contributed by atoms with Gasteiger partial charge in [-0.3, -0.25) is 4.79 Å². The second kappa shape index (κ2) is 8.00. The Morgan fingerprint density at radius 3 is 2.50 bits per heavy atom. The van der Waals surface area contributed by atoms with Crippen LogP contribution in [0.4, 0.5) is 5.69 Å². The number of benzene rings is 1. The number of anilines is 1. The molecular weight excluding hydrogens is 250 g/mol. The highest BCUT2D eigenvalue weighted by molar-refractivity contribution is 5.97. The Morgan fingerprint density at radius 2 is 2.00 bits per heavy atom. The van der Waals surface area contributed by atoms with Crippen molar-refractivity contribution in [3.05, 3.63) is 41.6 Å². The monoisotopic (exact) mass is 271 g/mol. The number of aryl methyl sites for hydroxylation is 1. The highest BCUT2D eigenvalue weighted by Gasteiger charge is 2.10. The molecule has 2 N–H and O–H groups in total. The molecule has 0 saturated carbocycles. The highest BCUT2D eigenvalue weighted by atomic mass is 16.1. The molecule has 20 heavy (non-hydrogen) atoms. The maximum atomic E-state index is 11.8. The number of nitrogens with one attached hydrogen (secondary N) is 2. The van der Waals surface area contributed by atoms with Crippen LogP contribution in [0.1, 0.15) is 32.8 Å². The van der Waals surface area contributed by atoms with Gasteiger partial charge in [-0.05, 0) is 37.5 Å². The molecule has 1 amide bonds. The fraction of sp³-hybridized carbons (Fsp3) is 0.375. The molecule has 0 aromatic heterocycles. The van der Waals surface area contributed by atoms with E-state index in [0.717, 1.165) is 18.5 Å². The molecule has 1 unspecified atom stereocenters. The summed E-state index contributed by atoms with van der Waals surface area (Å²) in [7, 11) is 0. The summed E-state index contributed by atoms with van der Waals surface area (Å²) in [5, 5.41) is 14.8. The topological polar surface area (TPSA) is 64.9 Å². The number of carbonyl (C=O) groups excluding carboxylic acids is 1. The van der Waals surface area contributed by atoms with Crippen molar-refractivity contribution in [1.82, 2.24) is 5.32 Å². The maximum absolute atomic E-state index is 11.8. The summed E-state index contributed by atoms with van der Waals surface area (Å²) in [5.41, 5.74) is 2.17. The van der Waals surface area contributed by atoms with Crippen LogP contribution in [-0.4, -0.2) is 11.9 Å². The Hall–Kier alpha value is -2.28.